The molecule has 3 rings (SSSR count). The fraction of sp³-hybridized carbons (Fsp3) is 0.304. The SMILES string of the molecule is O=C(COC(=O)/C=C/c1ccc2c(c1)OCCCO2)NCCCc1ccccc1. The van der Waals surface area contributed by atoms with Crippen molar-refractivity contribution >= 4 is 18.0 Å². The highest BCUT2D eigenvalue weighted by Crippen LogP contribution is 2.30. The average Bonchev–Trinajstić information content (AvgIpc) is 2.99. The molecule has 2 aromatic rings. The van der Waals surface area contributed by atoms with Crippen LogP contribution in [-0.2, 0) is 20.7 Å². The minimum Gasteiger partial charge on any atom is -0.490 e. The predicted octanol–water partition coefficient (Wildman–Crippen LogP) is 3.15. The zero-order chi connectivity index (χ0) is 20.3. The van der Waals surface area contributed by atoms with Gasteiger partial charge in [0, 0.05) is 19.0 Å². The molecule has 0 saturated carbocycles. The van der Waals surface area contributed by atoms with E-state index in [9.17, 15) is 9.59 Å². The third kappa shape index (κ3) is 6.99. The van der Waals surface area contributed by atoms with Gasteiger partial charge in [-0.1, -0.05) is 36.4 Å². The molecule has 6 heteroatoms. The van der Waals surface area contributed by atoms with Crippen LogP contribution in [0.15, 0.2) is 54.6 Å². The second-order valence-corrected chi connectivity index (χ2v) is 6.64. The van der Waals surface area contributed by atoms with Crippen molar-refractivity contribution in [2.45, 2.75) is 19.3 Å². The number of hydrogen-bond acceptors (Lipinski definition) is 5. The Bertz CT molecular complexity index is 848. The van der Waals surface area contributed by atoms with Gasteiger partial charge in [-0.25, -0.2) is 4.79 Å². The molecule has 2 aromatic carbocycles. The highest BCUT2D eigenvalue weighted by atomic mass is 16.5. The summed E-state index contributed by atoms with van der Waals surface area (Å²) in [5, 5.41) is 2.75. The van der Waals surface area contributed by atoms with Gasteiger partial charge in [0.15, 0.2) is 18.1 Å². The summed E-state index contributed by atoms with van der Waals surface area (Å²) in [5.41, 5.74) is 2.02. The van der Waals surface area contributed by atoms with Crippen molar-refractivity contribution in [1.82, 2.24) is 5.32 Å². The molecule has 0 fully saturated rings. The molecular formula is C23H25NO5. The number of carbonyl (C=O) groups excluding carboxylic acids is 2. The van der Waals surface area contributed by atoms with E-state index in [4.69, 9.17) is 14.2 Å². The van der Waals surface area contributed by atoms with Crippen molar-refractivity contribution < 1.29 is 23.8 Å². The number of nitrogens with one attached hydrogen (secondary N) is 1. The largest absolute Gasteiger partial charge is 0.490 e. The third-order valence-electron chi connectivity index (χ3n) is 4.34. The molecule has 0 unspecified atom stereocenters. The third-order valence-corrected chi connectivity index (χ3v) is 4.34. The van der Waals surface area contributed by atoms with Crippen LogP contribution in [-0.4, -0.2) is 38.2 Å². The van der Waals surface area contributed by atoms with E-state index < -0.39 is 5.97 Å². The van der Waals surface area contributed by atoms with Crippen molar-refractivity contribution in [3.8, 4) is 11.5 Å². The lowest BCUT2D eigenvalue weighted by Crippen LogP contribution is -2.29. The first-order chi connectivity index (χ1) is 14.2. The van der Waals surface area contributed by atoms with Crippen LogP contribution in [0.1, 0.15) is 24.0 Å². The summed E-state index contributed by atoms with van der Waals surface area (Å²) in [7, 11) is 0. The fourth-order valence-electron chi connectivity index (χ4n) is 2.85. The summed E-state index contributed by atoms with van der Waals surface area (Å²) in [4.78, 5) is 23.6. The molecule has 1 aliphatic rings. The number of aryl methyl sites for hydroxylation is 1. The molecule has 29 heavy (non-hydrogen) atoms. The second-order valence-electron chi connectivity index (χ2n) is 6.64. The van der Waals surface area contributed by atoms with E-state index in [2.05, 4.69) is 17.4 Å². The summed E-state index contributed by atoms with van der Waals surface area (Å²) in [6.45, 7) is 1.47. The van der Waals surface area contributed by atoms with Crippen molar-refractivity contribution in [2.24, 2.45) is 0 Å². The van der Waals surface area contributed by atoms with Crippen LogP contribution >= 0.6 is 0 Å². The molecule has 0 bridgehead atoms. The van der Waals surface area contributed by atoms with Gasteiger partial charge in [0.2, 0.25) is 0 Å². The quantitative estimate of drug-likeness (QED) is 0.422. The maximum absolute atomic E-state index is 11.8. The summed E-state index contributed by atoms with van der Waals surface area (Å²) >= 11 is 0. The van der Waals surface area contributed by atoms with E-state index in [-0.39, 0.29) is 12.5 Å². The lowest BCUT2D eigenvalue weighted by atomic mass is 10.1. The Labute approximate surface area is 170 Å². The normalized spacial score (nSPS) is 13.0. The van der Waals surface area contributed by atoms with Crippen molar-refractivity contribution in [2.75, 3.05) is 26.4 Å². The van der Waals surface area contributed by atoms with Gasteiger partial charge in [0.05, 0.1) is 13.2 Å². The number of amides is 1. The van der Waals surface area contributed by atoms with Crippen LogP contribution in [0.3, 0.4) is 0 Å². The lowest BCUT2D eigenvalue weighted by Gasteiger charge is -2.07. The zero-order valence-electron chi connectivity index (χ0n) is 16.3. The monoisotopic (exact) mass is 395 g/mol. The van der Waals surface area contributed by atoms with E-state index in [1.165, 1.54) is 11.6 Å². The molecule has 6 nitrogen and oxygen atoms in total. The van der Waals surface area contributed by atoms with Gasteiger partial charge in [0.25, 0.3) is 5.91 Å². The Morgan fingerprint density at radius 1 is 1.03 bits per heavy atom. The van der Waals surface area contributed by atoms with E-state index >= 15 is 0 Å². The summed E-state index contributed by atoms with van der Waals surface area (Å²) in [5.74, 6) is 0.478. The first kappa shape index (κ1) is 20.5. The zero-order valence-corrected chi connectivity index (χ0v) is 16.3. The highest BCUT2D eigenvalue weighted by molar-refractivity contribution is 5.89. The minimum atomic E-state index is -0.573. The van der Waals surface area contributed by atoms with Crippen molar-refractivity contribution in [3.63, 3.8) is 0 Å². The van der Waals surface area contributed by atoms with Crippen LogP contribution < -0.4 is 14.8 Å². The fourth-order valence-corrected chi connectivity index (χ4v) is 2.85. The van der Waals surface area contributed by atoms with Gasteiger partial charge in [-0.15, -0.1) is 0 Å². The number of ether oxygens (including phenoxy) is 3. The van der Waals surface area contributed by atoms with E-state index in [1.807, 2.05) is 36.4 Å². The topological polar surface area (TPSA) is 73.9 Å². The molecule has 0 spiro atoms. The van der Waals surface area contributed by atoms with Crippen molar-refractivity contribution in [3.05, 3.63) is 65.7 Å². The molecule has 0 aliphatic carbocycles. The molecule has 1 heterocycles. The molecule has 1 N–H and O–H groups in total. The van der Waals surface area contributed by atoms with Crippen molar-refractivity contribution in [1.29, 1.82) is 0 Å². The molecule has 0 aromatic heterocycles. The van der Waals surface area contributed by atoms with Gasteiger partial charge in [-0.2, -0.15) is 0 Å². The maximum atomic E-state index is 11.8. The van der Waals surface area contributed by atoms with E-state index in [0.717, 1.165) is 24.8 Å². The lowest BCUT2D eigenvalue weighted by molar-refractivity contribution is -0.143. The molecule has 1 aliphatic heterocycles. The molecule has 0 radical (unpaired) electrons. The van der Waals surface area contributed by atoms with Gasteiger partial charge < -0.3 is 19.5 Å². The number of rotatable bonds is 8. The Hall–Kier alpha value is -3.28. The highest BCUT2D eigenvalue weighted by Gasteiger charge is 2.10. The predicted molar refractivity (Wildman–Crippen MR) is 110 cm³/mol. The summed E-state index contributed by atoms with van der Waals surface area (Å²) in [6, 6.07) is 15.5. The van der Waals surface area contributed by atoms with Crippen LogP contribution in [0.25, 0.3) is 6.08 Å². The second kappa shape index (κ2) is 10.9. The van der Waals surface area contributed by atoms with Gasteiger partial charge in [-0.3, -0.25) is 4.79 Å². The standard InChI is InChI=1S/C23H25NO5/c25-22(24-13-4-8-18-6-2-1-3-7-18)17-29-23(26)12-10-19-9-11-20-21(16-19)28-15-5-14-27-20/h1-3,6-7,9-12,16H,4-5,8,13-15,17H2,(H,24,25)/b12-10+. The molecule has 0 saturated heterocycles. The maximum Gasteiger partial charge on any atom is 0.331 e. The number of benzene rings is 2. The van der Waals surface area contributed by atoms with Crippen LogP contribution in [0.4, 0.5) is 0 Å². The molecular weight excluding hydrogens is 370 g/mol. The number of hydrogen-bond donors (Lipinski definition) is 1. The molecule has 1 amide bonds. The van der Waals surface area contributed by atoms with Gasteiger partial charge in [0.1, 0.15) is 0 Å². The number of esters is 1. The first-order valence-electron chi connectivity index (χ1n) is 9.76. The Morgan fingerprint density at radius 3 is 2.66 bits per heavy atom. The number of fused-ring (bicyclic) bond motifs is 1. The summed E-state index contributed by atoms with van der Waals surface area (Å²) in [6.07, 6.45) is 5.46. The number of carbonyl (C=O) groups is 2. The van der Waals surface area contributed by atoms with E-state index in [0.29, 0.717) is 31.3 Å². The smallest absolute Gasteiger partial charge is 0.331 e. The van der Waals surface area contributed by atoms with Crippen LogP contribution in [0.2, 0.25) is 0 Å². The Kier molecular flexibility index (Phi) is 7.69. The summed E-state index contributed by atoms with van der Waals surface area (Å²) < 4.78 is 16.2. The van der Waals surface area contributed by atoms with Crippen LogP contribution in [0.5, 0.6) is 11.5 Å². The Balaban J connectivity index is 1.36. The average molecular weight is 395 g/mol. The first-order valence-corrected chi connectivity index (χ1v) is 9.76. The minimum absolute atomic E-state index is 0.296. The van der Waals surface area contributed by atoms with E-state index in [1.54, 1.807) is 6.08 Å². The van der Waals surface area contributed by atoms with Gasteiger partial charge >= 0.3 is 5.97 Å². The Morgan fingerprint density at radius 2 is 1.83 bits per heavy atom. The molecule has 0 atom stereocenters. The van der Waals surface area contributed by atoms with Crippen LogP contribution in [0, 0.1) is 0 Å². The van der Waals surface area contributed by atoms with Gasteiger partial charge in [-0.05, 0) is 42.2 Å². The molecule has 152 valence electrons.